The summed E-state index contributed by atoms with van der Waals surface area (Å²) in [6.07, 6.45) is 6.87. The first-order valence-corrected chi connectivity index (χ1v) is 11.6. The molecule has 3 rings (SSSR count). The van der Waals surface area contributed by atoms with Crippen LogP contribution in [-0.4, -0.2) is 62.5 Å². The molecule has 0 N–H and O–H groups in total. The summed E-state index contributed by atoms with van der Waals surface area (Å²) in [6.45, 7) is 16.9. The standard InChI is InChI=1S/C23H43NO4/c1-6-12-24(16-21-25-14-15-26-21)13-9-20-17-27-23(28-20)10-7-19(8-11-23)22(4,5)18(2)3/h18-21H,6-17H2,1-5H3. The third kappa shape index (κ3) is 5.48. The van der Waals surface area contributed by atoms with Gasteiger partial charge in [0.25, 0.3) is 0 Å². The van der Waals surface area contributed by atoms with Crippen LogP contribution in [0.25, 0.3) is 0 Å². The minimum atomic E-state index is -0.304. The summed E-state index contributed by atoms with van der Waals surface area (Å²) < 4.78 is 24.0. The summed E-state index contributed by atoms with van der Waals surface area (Å²) in [5.74, 6) is 1.18. The van der Waals surface area contributed by atoms with E-state index in [0.717, 1.165) is 71.1 Å². The van der Waals surface area contributed by atoms with Crippen LogP contribution in [0.4, 0.5) is 0 Å². The molecule has 0 aromatic rings. The van der Waals surface area contributed by atoms with E-state index in [2.05, 4.69) is 39.5 Å². The molecule has 5 heteroatoms. The predicted octanol–water partition coefficient (Wildman–Crippen LogP) is 4.45. The Morgan fingerprint density at radius 1 is 1.07 bits per heavy atom. The molecule has 1 saturated carbocycles. The summed E-state index contributed by atoms with van der Waals surface area (Å²) in [7, 11) is 0. The monoisotopic (exact) mass is 397 g/mol. The molecule has 28 heavy (non-hydrogen) atoms. The van der Waals surface area contributed by atoms with Gasteiger partial charge in [-0.1, -0.05) is 34.6 Å². The average molecular weight is 398 g/mol. The number of ether oxygens (including phenoxy) is 4. The molecular weight excluding hydrogens is 354 g/mol. The van der Waals surface area contributed by atoms with Gasteiger partial charge in [0.1, 0.15) is 0 Å². The van der Waals surface area contributed by atoms with Crippen LogP contribution in [0.3, 0.4) is 0 Å². The maximum atomic E-state index is 6.50. The van der Waals surface area contributed by atoms with Crippen molar-refractivity contribution >= 4 is 0 Å². The molecule has 3 aliphatic rings. The second-order valence-corrected chi connectivity index (χ2v) is 9.97. The molecule has 0 aromatic carbocycles. The van der Waals surface area contributed by atoms with Crippen LogP contribution in [-0.2, 0) is 18.9 Å². The van der Waals surface area contributed by atoms with E-state index in [9.17, 15) is 0 Å². The first-order valence-electron chi connectivity index (χ1n) is 11.6. The van der Waals surface area contributed by atoms with Gasteiger partial charge in [-0.25, -0.2) is 0 Å². The van der Waals surface area contributed by atoms with Gasteiger partial charge in [0.15, 0.2) is 12.1 Å². The summed E-state index contributed by atoms with van der Waals surface area (Å²) in [5.41, 5.74) is 0.394. The Labute approximate surface area is 172 Å². The van der Waals surface area contributed by atoms with Crippen LogP contribution in [0.5, 0.6) is 0 Å². The van der Waals surface area contributed by atoms with Crippen molar-refractivity contribution in [1.29, 1.82) is 0 Å². The number of hydrogen-bond donors (Lipinski definition) is 0. The van der Waals surface area contributed by atoms with E-state index < -0.39 is 0 Å². The fraction of sp³-hybridized carbons (Fsp3) is 1.00. The highest BCUT2D eigenvalue weighted by Crippen LogP contribution is 2.48. The smallest absolute Gasteiger partial charge is 0.170 e. The maximum absolute atomic E-state index is 6.50. The lowest BCUT2D eigenvalue weighted by atomic mass is 9.64. The lowest BCUT2D eigenvalue weighted by Gasteiger charge is -2.44. The SMILES string of the molecule is CCCN(CCC1COC2(CCC(C(C)(C)C(C)C)CC2)O1)CC1OCCO1. The van der Waals surface area contributed by atoms with Gasteiger partial charge in [-0.05, 0) is 49.5 Å². The molecule has 1 spiro atoms. The molecule has 5 nitrogen and oxygen atoms in total. The zero-order chi connectivity index (χ0) is 20.2. The number of hydrogen-bond acceptors (Lipinski definition) is 5. The normalized spacial score (nSPS) is 32.2. The molecule has 0 amide bonds. The molecule has 2 aliphatic heterocycles. The van der Waals surface area contributed by atoms with Gasteiger partial charge in [0.05, 0.1) is 25.9 Å². The summed E-state index contributed by atoms with van der Waals surface area (Å²) >= 11 is 0. The van der Waals surface area contributed by atoms with E-state index in [1.54, 1.807) is 0 Å². The minimum Gasteiger partial charge on any atom is -0.349 e. The van der Waals surface area contributed by atoms with E-state index in [4.69, 9.17) is 18.9 Å². The predicted molar refractivity (Wildman–Crippen MR) is 111 cm³/mol. The molecular formula is C23H43NO4. The fourth-order valence-corrected chi connectivity index (χ4v) is 4.95. The highest BCUT2D eigenvalue weighted by atomic mass is 16.7. The van der Waals surface area contributed by atoms with E-state index in [1.807, 2.05) is 0 Å². The minimum absolute atomic E-state index is 0.0572. The van der Waals surface area contributed by atoms with Gasteiger partial charge >= 0.3 is 0 Å². The molecule has 1 unspecified atom stereocenters. The van der Waals surface area contributed by atoms with Gasteiger partial charge in [-0.3, -0.25) is 4.90 Å². The molecule has 0 radical (unpaired) electrons. The molecule has 1 aliphatic carbocycles. The van der Waals surface area contributed by atoms with Crippen molar-refractivity contribution < 1.29 is 18.9 Å². The Morgan fingerprint density at radius 2 is 1.75 bits per heavy atom. The van der Waals surface area contributed by atoms with Crippen molar-refractivity contribution in [2.45, 2.75) is 91.3 Å². The van der Waals surface area contributed by atoms with Gasteiger partial charge in [-0.15, -0.1) is 0 Å². The van der Waals surface area contributed by atoms with Crippen LogP contribution in [0.1, 0.15) is 73.1 Å². The molecule has 3 fully saturated rings. The zero-order valence-electron chi connectivity index (χ0n) is 18.9. The lowest BCUT2D eigenvalue weighted by Crippen LogP contribution is -2.41. The van der Waals surface area contributed by atoms with E-state index in [-0.39, 0.29) is 18.2 Å². The number of nitrogens with zero attached hydrogens (tertiary/aromatic N) is 1. The first-order chi connectivity index (χ1) is 13.3. The molecule has 164 valence electrons. The largest absolute Gasteiger partial charge is 0.349 e. The van der Waals surface area contributed by atoms with Crippen molar-refractivity contribution in [2.75, 3.05) is 39.5 Å². The number of rotatable bonds is 9. The second-order valence-electron chi connectivity index (χ2n) is 9.97. The molecule has 2 saturated heterocycles. The summed E-state index contributed by atoms with van der Waals surface area (Å²) in [6, 6.07) is 0. The molecule has 0 aromatic heterocycles. The van der Waals surface area contributed by atoms with E-state index >= 15 is 0 Å². The van der Waals surface area contributed by atoms with Crippen LogP contribution in [0, 0.1) is 17.3 Å². The van der Waals surface area contributed by atoms with Gasteiger partial charge in [0.2, 0.25) is 0 Å². The van der Waals surface area contributed by atoms with Crippen LogP contribution >= 0.6 is 0 Å². The quantitative estimate of drug-likeness (QED) is 0.575. The van der Waals surface area contributed by atoms with E-state index in [1.165, 1.54) is 12.8 Å². The second kappa shape index (κ2) is 9.74. The van der Waals surface area contributed by atoms with Crippen molar-refractivity contribution in [3.05, 3.63) is 0 Å². The Bertz CT molecular complexity index is 467. The summed E-state index contributed by atoms with van der Waals surface area (Å²) in [5, 5.41) is 0. The average Bonchev–Trinajstić information content (AvgIpc) is 3.31. The Balaban J connectivity index is 1.43. The van der Waals surface area contributed by atoms with Crippen molar-refractivity contribution in [3.63, 3.8) is 0 Å². The zero-order valence-corrected chi connectivity index (χ0v) is 18.9. The van der Waals surface area contributed by atoms with Crippen LogP contribution < -0.4 is 0 Å². The fourth-order valence-electron chi connectivity index (χ4n) is 4.95. The van der Waals surface area contributed by atoms with Gasteiger partial charge in [0, 0.05) is 25.9 Å². The van der Waals surface area contributed by atoms with E-state index in [0.29, 0.717) is 11.3 Å². The van der Waals surface area contributed by atoms with Crippen molar-refractivity contribution in [1.82, 2.24) is 4.90 Å². The third-order valence-corrected chi connectivity index (χ3v) is 7.61. The Hall–Kier alpha value is -0.200. The van der Waals surface area contributed by atoms with Crippen LogP contribution in [0.2, 0.25) is 0 Å². The molecule has 1 atom stereocenters. The Morgan fingerprint density at radius 3 is 2.36 bits per heavy atom. The molecule has 0 bridgehead atoms. The maximum Gasteiger partial charge on any atom is 0.170 e. The highest BCUT2D eigenvalue weighted by Gasteiger charge is 2.47. The van der Waals surface area contributed by atoms with Crippen LogP contribution in [0.15, 0.2) is 0 Å². The molecule has 2 heterocycles. The van der Waals surface area contributed by atoms with Gasteiger partial charge < -0.3 is 18.9 Å². The summed E-state index contributed by atoms with van der Waals surface area (Å²) in [4.78, 5) is 2.45. The van der Waals surface area contributed by atoms with Crippen molar-refractivity contribution in [3.8, 4) is 0 Å². The van der Waals surface area contributed by atoms with Gasteiger partial charge in [-0.2, -0.15) is 0 Å². The highest BCUT2D eigenvalue weighted by molar-refractivity contribution is 4.91. The van der Waals surface area contributed by atoms with Crippen molar-refractivity contribution in [2.24, 2.45) is 17.3 Å². The Kier molecular flexibility index (Phi) is 7.82. The lowest BCUT2D eigenvalue weighted by molar-refractivity contribution is -0.199. The first kappa shape index (κ1) is 22.5. The third-order valence-electron chi connectivity index (χ3n) is 7.61. The topological polar surface area (TPSA) is 40.2 Å².